The Morgan fingerprint density at radius 2 is 1.85 bits per heavy atom. The van der Waals surface area contributed by atoms with Crippen LogP contribution in [0.15, 0.2) is 18.2 Å². The van der Waals surface area contributed by atoms with Crippen molar-refractivity contribution in [3.05, 3.63) is 29.3 Å². The maximum absolute atomic E-state index is 5.89. The van der Waals surface area contributed by atoms with Crippen LogP contribution < -0.4 is 10.5 Å². The summed E-state index contributed by atoms with van der Waals surface area (Å²) in [5.41, 5.74) is 8.67. The molecule has 0 aliphatic carbocycles. The molecule has 0 aliphatic rings. The summed E-state index contributed by atoms with van der Waals surface area (Å²) in [7, 11) is 0. The first-order valence-corrected chi connectivity index (χ1v) is 7.75. The summed E-state index contributed by atoms with van der Waals surface area (Å²) >= 11 is 0. The van der Waals surface area contributed by atoms with Crippen LogP contribution in [0, 0.1) is 5.92 Å². The summed E-state index contributed by atoms with van der Waals surface area (Å²) in [4.78, 5) is 0. The molecule has 0 fully saturated rings. The van der Waals surface area contributed by atoms with E-state index in [9.17, 15) is 0 Å². The Labute approximate surface area is 124 Å². The molecule has 2 nitrogen and oxygen atoms in total. The molecule has 114 valence electrons. The first-order valence-electron chi connectivity index (χ1n) is 7.75. The minimum atomic E-state index is 0.102. The second-order valence-corrected chi connectivity index (χ2v) is 7.04. The number of nitrogens with two attached hydrogens (primary N) is 1. The molecule has 0 heterocycles. The fourth-order valence-electron chi connectivity index (χ4n) is 2.69. The molecule has 0 saturated heterocycles. The topological polar surface area (TPSA) is 35.2 Å². The van der Waals surface area contributed by atoms with Gasteiger partial charge in [-0.3, -0.25) is 0 Å². The highest BCUT2D eigenvalue weighted by Crippen LogP contribution is 2.33. The number of hydrogen-bond acceptors (Lipinski definition) is 2. The molecular formula is C18H31NO. The van der Waals surface area contributed by atoms with Gasteiger partial charge in [0.05, 0.1) is 6.61 Å². The Balaban J connectivity index is 2.95. The molecule has 0 amide bonds. The molecule has 2 N–H and O–H groups in total. The third-order valence-corrected chi connectivity index (χ3v) is 3.51. The van der Waals surface area contributed by atoms with Crippen LogP contribution >= 0.6 is 0 Å². The lowest BCUT2D eigenvalue weighted by molar-refractivity contribution is 0.329. The van der Waals surface area contributed by atoms with E-state index in [1.165, 1.54) is 11.1 Å². The summed E-state index contributed by atoms with van der Waals surface area (Å²) in [5, 5.41) is 0. The molecule has 1 rings (SSSR count). The van der Waals surface area contributed by atoms with E-state index in [1.807, 2.05) is 6.92 Å². The van der Waals surface area contributed by atoms with Crippen molar-refractivity contribution in [1.82, 2.24) is 0 Å². The molecule has 0 radical (unpaired) electrons. The van der Waals surface area contributed by atoms with Crippen LogP contribution in [0.25, 0.3) is 0 Å². The molecule has 0 aliphatic heterocycles. The highest BCUT2D eigenvalue weighted by molar-refractivity contribution is 5.41. The van der Waals surface area contributed by atoms with Crippen LogP contribution in [0.1, 0.15) is 59.1 Å². The molecule has 0 spiro atoms. The zero-order valence-electron chi connectivity index (χ0n) is 14.0. The van der Waals surface area contributed by atoms with Crippen molar-refractivity contribution in [2.45, 2.75) is 65.8 Å². The van der Waals surface area contributed by atoms with Crippen molar-refractivity contribution in [3.63, 3.8) is 0 Å². The quantitative estimate of drug-likeness (QED) is 0.841. The van der Waals surface area contributed by atoms with Gasteiger partial charge < -0.3 is 10.5 Å². The Bertz CT molecular complexity index is 418. The van der Waals surface area contributed by atoms with Crippen LogP contribution in [0.2, 0.25) is 0 Å². The normalized spacial score (nSPS) is 14.9. The van der Waals surface area contributed by atoms with Gasteiger partial charge in [-0.05, 0) is 55.2 Å². The third kappa shape index (κ3) is 5.16. The lowest BCUT2D eigenvalue weighted by Crippen LogP contribution is -2.19. The maximum atomic E-state index is 5.89. The lowest BCUT2D eigenvalue weighted by Gasteiger charge is -2.24. The predicted molar refractivity (Wildman–Crippen MR) is 87.4 cm³/mol. The Morgan fingerprint density at radius 3 is 2.35 bits per heavy atom. The molecule has 20 heavy (non-hydrogen) atoms. The number of ether oxygens (including phenoxy) is 1. The van der Waals surface area contributed by atoms with Gasteiger partial charge in [0.1, 0.15) is 5.75 Å². The van der Waals surface area contributed by atoms with E-state index in [4.69, 9.17) is 10.5 Å². The van der Waals surface area contributed by atoms with Gasteiger partial charge in [-0.1, -0.05) is 39.8 Å². The van der Waals surface area contributed by atoms with E-state index in [0.717, 1.165) is 18.6 Å². The van der Waals surface area contributed by atoms with Gasteiger partial charge in [-0.25, -0.2) is 0 Å². The molecule has 2 unspecified atom stereocenters. The van der Waals surface area contributed by atoms with Crippen LogP contribution in [-0.4, -0.2) is 12.6 Å². The summed E-state index contributed by atoms with van der Waals surface area (Å²) in [5.74, 6) is 1.63. The van der Waals surface area contributed by atoms with E-state index in [-0.39, 0.29) is 11.5 Å². The van der Waals surface area contributed by atoms with Gasteiger partial charge in [0, 0.05) is 6.04 Å². The van der Waals surface area contributed by atoms with Gasteiger partial charge in [0.2, 0.25) is 0 Å². The first-order chi connectivity index (χ1) is 9.24. The summed E-state index contributed by atoms with van der Waals surface area (Å²) in [6.07, 6.45) is 2.15. The predicted octanol–water partition coefficient (Wildman–Crippen LogP) is 4.30. The Kier molecular flexibility index (Phi) is 6.07. The summed E-state index contributed by atoms with van der Waals surface area (Å²) < 4.78 is 5.77. The van der Waals surface area contributed by atoms with Crippen LogP contribution in [0.3, 0.4) is 0 Å². The molecular weight excluding hydrogens is 246 g/mol. The average molecular weight is 277 g/mol. The highest BCUT2D eigenvalue weighted by atomic mass is 16.5. The van der Waals surface area contributed by atoms with Gasteiger partial charge in [0.15, 0.2) is 0 Å². The van der Waals surface area contributed by atoms with E-state index >= 15 is 0 Å². The van der Waals surface area contributed by atoms with E-state index in [2.05, 4.69) is 52.8 Å². The summed E-state index contributed by atoms with van der Waals surface area (Å²) in [6, 6.07) is 6.90. The van der Waals surface area contributed by atoms with Crippen molar-refractivity contribution >= 4 is 0 Å². The lowest BCUT2D eigenvalue weighted by atomic mass is 9.84. The van der Waals surface area contributed by atoms with Crippen LogP contribution in [-0.2, 0) is 11.8 Å². The molecule has 2 atom stereocenters. The second kappa shape index (κ2) is 7.12. The largest absolute Gasteiger partial charge is 0.494 e. The van der Waals surface area contributed by atoms with E-state index < -0.39 is 0 Å². The zero-order chi connectivity index (χ0) is 15.3. The average Bonchev–Trinajstić information content (AvgIpc) is 2.28. The van der Waals surface area contributed by atoms with E-state index in [0.29, 0.717) is 12.5 Å². The highest BCUT2D eigenvalue weighted by Gasteiger charge is 2.20. The maximum Gasteiger partial charge on any atom is 0.123 e. The molecule has 1 aromatic rings. The SMILES string of the molecule is CCOc1ccc(CC(C)CC(C)N)cc1C(C)(C)C. The minimum absolute atomic E-state index is 0.102. The van der Waals surface area contributed by atoms with Gasteiger partial charge >= 0.3 is 0 Å². The Hall–Kier alpha value is -1.02. The number of rotatable bonds is 6. The van der Waals surface area contributed by atoms with Crippen molar-refractivity contribution < 1.29 is 4.74 Å². The van der Waals surface area contributed by atoms with E-state index in [1.54, 1.807) is 0 Å². The van der Waals surface area contributed by atoms with Crippen LogP contribution in [0.4, 0.5) is 0 Å². The van der Waals surface area contributed by atoms with Gasteiger partial charge in [0.25, 0.3) is 0 Å². The van der Waals surface area contributed by atoms with Crippen molar-refractivity contribution in [1.29, 1.82) is 0 Å². The number of hydrogen-bond donors (Lipinski definition) is 1. The third-order valence-electron chi connectivity index (χ3n) is 3.51. The van der Waals surface area contributed by atoms with Crippen molar-refractivity contribution in [3.8, 4) is 5.75 Å². The first kappa shape index (κ1) is 17.0. The molecule has 0 bridgehead atoms. The standard InChI is InChI=1S/C18H31NO/c1-7-20-17-9-8-15(11-13(2)10-14(3)19)12-16(17)18(4,5)6/h8-9,12-14H,7,10-11,19H2,1-6H3. The smallest absolute Gasteiger partial charge is 0.123 e. The monoisotopic (exact) mass is 277 g/mol. The van der Waals surface area contributed by atoms with Gasteiger partial charge in [-0.15, -0.1) is 0 Å². The van der Waals surface area contributed by atoms with Gasteiger partial charge in [-0.2, -0.15) is 0 Å². The fraction of sp³-hybridized carbons (Fsp3) is 0.667. The summed E-state index contributed by atoms with van der Waals surface area (Å²) in [6.45, 7) is 13.8. The Morgan fingerprint density at radius 1 is 1.20 bits per heavy atom. The molecule has 0 aromatic heterocycles. The van der Waals surface area contributed by atoms with Crippen LogP contribution in [0.5, 0.6) is 5.75 Å². The fourth-order valence-corrected chi connectivity index (χ4v) is 2.69. The van der Waals surface area contributed by atoms with Crippen molar-refractivity contribution in [2.75, 3.05) is 6.61 Å². The molecule has 0 saturated carbocycles. The van der Waals surface area contributed by atoms with Crippen molar-refractivity contribution in [2.24, 2.45) is 11.7 Å². The second-order valence-electron chi connectivity index (χ2n) is 7.04. The molecule has 2 heteroatoms. The molecule has 1 aromatic carbocycles. The zero-order valence-corrected chi connectivity index (χ0v) is 14.0. The number of benzene rings is 1. The minimum Gasteiger partial charge on any atom is -0.494 e.